The molecule has 36 heavy (non-hydrogen) atoms. The van der Waals surface area contributed by atoms with Crippen LogP contribution in [0.25, 0.3) is 0 Å². The van der Waals surface area contributed by atoms with Gasteiger partial charge in [0, 0.05) is 58.0 Å². The van der Waals surface area contributed by atoms with E-state index in [9.17, 15) is 17.6 Å². The van der Waals surface area contributed by atoms with Crippen molar-refractivity contribution < 1.29 is 22.3 Å². The number of aromatic nitrogens is 2. The third kappa shape index (κ3) is 6.12. The van der Waals surface area contributed by atoms with Crippen molar-refractivity contribution in [2.45, 2.75) is 38.6 Å². The predicted octanol–water partition coefficient (Wildman–Crippen LogP) is 2.79. The lowest BCUT2D eigenvalue weighted by Crippen LogP contribution is -2.56. The number of likely N-dealkylation sites (N-methyl/N-ethyl adjacent to an activating group) is 1. The van der Waals surface area contributed by atoms with Crippen molar-refractivity contribution in [1.29, 1.82) is 0 Å². The molecule has 11 heteroatoms. The summed E-state index contributed by atoms with van der Waals surface area (Å²) < 4.78 is 43.2. The second-order valence-corrected chi connectivity index (χ2v) is 11.4. The molecule has 2 aromatic rings. The first-order valence-electron chi connectivity index (χ1n) is 12.1. The molecule has 0 radical (unpaired) electrons. The second kappa shape index (κ2) is 11.5. The van der Waals surface area contributed by atoms with Crippen LogP contribution in [0.1, 0.15) is 36.8 Å². The van der Waals surface area contributed by atoms with E-state index in [0.717, 1.165) is 6.26 Å². The summed E-state index contributed by atoms with van der Waals surface area (Å²) in [5, 5.41) is 0. The molecule has 1 amide bonds. The van der Waals surface area contributed by atoms with Crippen LogP contribution in [0.5, 0.6) is 0 Å². The van der Waals surface area contributed by atoms with Gasteiger partial charge in [-0.3, -0.25) is 4.79 Å². The van der Waals surface area contributed by atoms with Gasteiger partial charge in [0.2, 0.25) is 5.95 Å². The minimum atomic E-state index is -3.68. The average Bonchev–Trinajstić information content (AvgIpc) is 2.83. The van der Waals surface area contributed by atoms with E-state index in [1.165, 1.54) is 12.1 Å². The van der Waals surface area contributed by atoms with E-state index < -0.39 is 15.7 Å². The van der Waals surface area contributed by atoms with E-state index in [0.29, 0.717) is 62.2 Å². The molecule has 0 saturated carbocycles. The van der Waals surface area contributed by atoms with E-state index in [-0.39, 0.29) is 22.8 Å². The number of nitrogens with zero attached hydrogens (tertiary/aromatic N) is 5. The SMILES string of the molecule is CCN(CCOC)C(=O)c1cnc(N2CCN(c3ccc(F)c(S(C)(=O)=O)c3)CC2C(C)C)nc1C. The Labute approximate surface area is 213 Å². The van der Waals surface area contributed by atoms with Crippen LogP contribution in [-0.4, -0.2) is 87.9 Å². The Balaban J connectivity index is 1.84. The predicted molar refractivity (Wildman–Crippen MR) is 138 cm³/mol. The number of hydrogen-bond acceptors (Lipinski definition) is 8. The molecule has 1 aliphatic rings. The highest BCUT2D eigenvalue weighted by atomic mass is 32.2. The smallest absolute Gasteiger partial charge is 0.257 e. The third-order valence-electron chi connectivity index (χ3n) is 6.56. The van der Waals surface area contributed by atoms with Gasteiger partial charge in [-0.15, -0.1) is 0 Å². The molecule has 3 rings (SSSR count). The van der Waals surface area contributed by atoms with Crippen LogP contribution in [0, 0.1) is 18.7 Å². The van der Waals surface area contributed by atoms with Gasteiger partial charge >= 0.3 is 0 Å². The van der Waals surface area contributed by atoms with Crippen molar-refractivity contribution in [3.8, 4) is 0 Å². The van der Waals surface area contributed by atoms with Gasteiger partial charge in [0.1, 0.15) is 10.7 Å². The molecule has 0 aliphatic carbocycles. The quantitative estimate of drug-likeness (QED) is 0.497. The molecule has 1 atom stereocenters. The first kappa shape index (κ1) is 27.8. The molecule has 0 N–H and O–H groups in total. The van der Waals surface area contributed by atoms with Gasteiger partial charge in [-0.25, -0.2) is 22.8 Å². The Kier molecular flexibility index (Phi) is 8.89. The van der Waals surface area contributed by atoms with Crippen LogP contribution in [0.2, 0.25) is 0 Å². The first-order valence-corrected chi connectivity index (χ1v) is 14.0. The molecule has 2 heterocycles. The van der Waals surface area contributed by atoms with E-state index in [1.807, 2.05) is 13.8 Å². The fourth-order valence-corrected chi connectivity index (χ4v) is 5.17. The summed E-state index contributed by atoms with van der Waals surface area (Å²) in [6.45, 7) is 11.2. The number of methoxy groups -OCH3 is 1. The minimum absolute atomic E-state index is 0.0280. The van der Waals surface area contributed by atoms with Crippen LogP contribution >= 0.6 is 0 Å². The zero-order valence-corrected chi connectivity index (χ0v) is 22.7. The lowest BCUT2D eigenvalue weighted by molar-refractivity contribution is 0.0704. The second-order valence-electron chi connectivity index (χ2n) is 9.38. The van der Waals surface area contributed by atoms with Gasteiger partial charge in [0.15, 0.2) is 9.84 Å². The number of aryl methyl sites for hydroxylation is 1. The molecule has 1 unspecified atom stereocenters. The van der Waals surface area contributed by atoms with E-state index in [1.54, 1.807) is 24.3 Å². The fourth-order valence-electron chi connectivity index (χ4n) is 4.41. The standard InChI is InChI=1S/C25H36FN5O4S/c1-7-29(12-13-35-5)24(32)20-15-27-25(28-18(20)4)31-11-10-30(16-22(31)17(2)3)19-8-9-21(26)23(14-19)36(6,33)34/h8-9,14-15,17,22H,7,10-13,16H2,1-6H3. The summed E-state index contributed by atoms with van der Waals surface area (Å²) in [4.78, 5) is 27.8. The van der Waals surface area contributed by atoms with Crippen molar-refractivity contribution in [3.63, 3.8) is 0 Å². The maximum atomic E-state index is 14.1. The van der Waals surface area contributed by atoms with Crippen LogP contribution in [-0.2, 0) is 14.6 Å². The molecular weight excluding hydrogens is 485 g/mol. The van der Waals surface area contributed by atoms with Gasteiger partial charge in [-0.05, 0) is 38.0 Å². The van der Waals surface area contributed by atoms with Crippen LogP contribution in [0.3, 0.4) is 0 Å². The number of halogens is 1. The lowest BCUT2D eigenvalue weighted by Gasteiger charge is -2.44. The van der Waals surface area contributed by atoms with Crippen molar-refractivity contribution in [2.75, 3.05) is 62.5 Å². The number of anilines is 2. The van der Waals surface area contributed by atoms with Crippen molar-refractivity contribution in [2.24, 2.45) is 5.92 Å². The fraction of sp³-hybridized carbons (Fsp3) is 0.560. The van der Waals surface area contributed by atoms with Gasteiger partial charge in [-0.2, -0.15) is 0 Å². The van der Waals surface area contributed by atoms with Crippen LogP contribution in [0.15, 0.2) is 29.3 Å². The number of benzene rings is 1. The summed E-state index contributed by atoms with van der Waals surface area (Å²) in [6.07, 6.45) is 2.60. The van der Waals surface area contributed by atoms with E-state index in [2.05, 4.69) is 28.6 Å². The number of amides is 1. The van der Waals surface area contributed by atoms with E-state index in [4.69, 9.17) is 9.72 Å². The number of hydrogen-bond donors (Lipinski definition) is 0. The summed E-state index contributed by atoms with van der Waals surface area (Å²) in [6, 6.07) is 4.25. The van der Waals surface area contributed by atoms with E-state index >= 15 is 0 Å². The zero-order valence-electron chi connectivity index (χ0n) is 21.9. The molecule has 9 nitrogen and oxygen atoms in total. The summed E-state index contributed by atoms with van der Waals surface area (Å²) in [5.74, 6) is -0.0831. The molecular formula is C25H36FN5O4S. The maximum absolute atomic E-state index is 14.1. The first-order chi connectivity index (χ1) is 17.0. The molecule has 1 fully saturated rings. The molecule has 198 valence electrons. The average molecular weight is 522 g/mol. The normalized spacial score (nSPS) is 16.5. The molecule has 1 aromatic carbocycles. The number of carbonyl (C=O) groups is 1. The summed E-state index contributed by atoms with van der Waals surface area (Å²) in [5.41, 5.74) is 1.74. The Bertz CT molecular complexity index is 1190. The van der Waals surface area contributed by atoms with Crippen LogP contribution in [0.4, 0.5) is 16.0 Å². The number of sulfone groups is 1. The van der Waals surface area contributed by atoms with Gasteiger partial charge in [0.25, 0.3) is 5.91 Å². The highest BCUT2D eigenvalue weighted by Gasteiger charge is 2.32. The Hall–Kier alpha value is -2.79. The Morgan fingerprint density at radius 2 is 2.03 bits per heavy atom. The minimum Gasteiger partial charge on any atom is -0.383 e. The highest BCUT2D eigenvalue weighted by Crippen LogP contribution is 2.28. The van der Waals surface area contributed by atoms with Gasteiger partial charge in [0.05, 0.1) is 23.9 Å². The largest absolute Gasteiger partial charge is 0.383 e. The lowest BCUT2D eigenvalue weighted by atomic mass is 9.99. The summed E-state index contributed by atoms with van der Waals surface area (Å²) >= 11 is 0. The number of rotatable bonds is 9. The molecule has 0 spiro atoms. The number of ether oxygens (including phenoxy) is 1. The van der Waals surface area contributed by atoms with Gasteiger partial charge < -0.3 is 19.4 Å². The van der Waals surface area contributed by atoms with Crippen molar-refractivity contribution >= 4 is 27.4 Å². The molecule has 1 aromatic heterocycles. The summed E-state index contributed by atoms with van der Waals surface area (Å²) in [7, 11) is -2.07. The van der Waals surface area contributed by atoms with Crippen LogP contribution < -0.4 is 9.80 Å². The maximum Gasteiger partial charge on any atom is 0.257 e. The topological polar surface area (TPSA) is 95.9 Å². The number of carbonyl (C=O) groups excluding carboxylic acids is 1. The van der Waals surface area contributed by atoms with Gasteiger partial charge in [-0.1, -0.05) is 13.8 Å². The number of piperazine rings is 1. The Morgan fingerprint density at radius 1 is 1.31 bits per heavy atom. The Morgan fingerprint density at radius 3 is 2.61 bits per heavy atom. The molecule has 1 saturated heterocycles. The highest BCUT2D eigenvalue weighted by molar-refractivity contribution is 7.90. The van der Waals surface area contributed by atoms with Crippen molar-refractivity contribution in [1.82, 2.24) is 14.9 Å². The van der Waals surface area contributed by atoms with Crippen molar-refractivity contribution in [3.05, 3.63) is 41.5 Å². The monoisotopic (exact) mass is 521 g/mol. The molecule has 0 bridgehead atoms. The zero-order chi connectivity index (χ0) is 26.6. The third-order valence-corrected chi connectivity index (χ3v) is 7.67. The molecule has 1 aliphatic heterocycles.